The highest BCUT2D eigenvalue weighted by molar-refractivity contribution is 7.97. The van der Waals surface area contributed by atoms with Crippen LogP contribution in [0, 0.1) is 5.82 Å². The summed E-state index contributed by atoms with van der Waals surface area (Å²) in [5.41, 5.74) is 3.46. The maximum absolute atomic E-state index is 13.4. The van der Waals surface area contributed by atoms with Crippen LogP contribution in [0.5, 0.6) is 0 Å². The number of nitrogens with zero attached hydrogens (tertiary/aromatic N) is 1. The zero-order chi connectivity index (χ0) is 16.5. The summed E-state index contributed by atoms with van der Waals surface area (Å²) in [4.78, 5) is 4.23. The van der Waals surface area contributed by atoms with Gasteiger partial charge in [0.15, 0.2) is 5.96 Å². The van der Waals surface area contributed by atoms with Gasteiger partial charge in [0.1, 0.15) is 5.82 Å². The van der Waals surface area contributed by atoms with Gasteiger partial charge in [-0.15, -0.1) is 0 Å². The first-order valence-electron chi connectivity index (χ1n) is 7.44. The third-order valence-corrected chi connectivity index (χ3v) is 4.76. The summed E-state index contributed by atoms with van der Waals surface area (Å²) in [5.74, 6) is 1.38. The molecule has 23 heavy (non-hydrogen) atoms. The first-order chi connectivity index (χ1) is 11.2. The van der Waals surface area contributed by atoms with Crippen LogP contribution in [0.4, 0.5) is 4.39 Å². The van der Waals surface area contributed by atoms with Crippen LogP contribution < -0.4 is 10.6 Å². The van der Waals surface area contributed by atoms with E-state index < -0.39 is 0 Å². The number of nitrogens with one attached hydrogen (secondary N) is 2. The molecule has 1 aromatic heterocycles. The molecule has 0 aliphatic rings. The predicted molar refractivity (Wildman–Crippen MR) is 99.8 cm³/mol. The summed E-state index contributed by atoms with van der Waals surface area (Å²) >= 11 is 3.40. The molecule has 6 heteroatoms. The van der Waals surface area contributed by atoms with Crippen LogP contribution in [0.3, 0.4) is 0 Å². The molecule has 2 rings (SSSR count). The molecule has 2 N–H and O–H groups in total. The van der Waals surface area contributed by atoms with E-state index in [9.17, 15) is 4.39 Å². The van der Waals surface area contributed by atoms with Gasteiger partial charge < -0.3 is 10.6 Å². The lowest BCUT2D eigenvalue weighted by molar-refractivity contribution is 0.625. The van der Waals surface area contributed by atoms with E-state index in [-0.39, 0.29) is 5.82 Å². The van der Waals surface area contributed by atoms with E-state index >= 15 is 0 Å². The van der Waals surface area contributed by atoms with Crippen LogP contribution in [0.2, 0.25) is 0 Å². The standard InChI is InChI=1S/C17H22FN3S2/c1-19-17(20-7-5-13-6-8-23-11-13)21-10-14-3-4-16(18)9-15(14)12-22-2/h3-4,6,8-9,11H,5,7,10,12H2,1-2H3,(H2,19,20,21). The molecule has 0 fully saturated rings. The van der Waals surface area contributed by atoms with Gasteiger partial charge in [-0.1, -0.05) is 6.07 Å². The third kappa shape index (κ3) is 5.88. The predicted octanol–water partition coefficient (Wildman–Crippen LogP) is 3.66. The Bertz CT molecular complexity index is 627. The molecule has 0 saturated carbocycles. The first kappa shape index (κ1) is 17.8. The molecule has 2 aromatic rings. The number of hydrogen-bond donors (Lipinski definition) is 2. The lowest BCUT2D eigenvalue weighted by Gasteiger charge is -2.14. The van der Waals surface area contributed by atoms with Crippen molar-refractivity contribution in [1.82, 2.24) is 10.6 Å². The van der Waals surface area contributed by atoms with E-state index in [4.69, 9.17) is 0 Å². The van der Waals surface area contributed by atoms with Crippen LogP contribution in [0.15, 0.2) is 40.0 Å². The third-order valence-electron chi connectivity index (χ3n) is 3.42. The summed E-state index contributed by atoms with van der Waals surface area (Å²) in [6, 6.07) is 7.09. The molecule has 0 spiro atoms. The lowest BCUT2D eigenvalue weighted by atomic mass is 10.1. The largest absolute Gasteiger partial charge is 0.356 e. The van der Waals surface area contributed by atoms with E-state index in [0.29, 0.717) is 6.54 Å². The number of aliphatic imine (C=N–C) groups is 1. The molecule has 0 saturated heterocycles. The molecule has 0 radical (unpaired) electrons. The van der Waals surface area contributed by atoms with Gasteiger partial charge in [0.25, 0.3) is 0 Å². The maximum Gasteiger partial charge on any atom is 0.191 e. The molecule has 0 unspecified atom stereocenters. The Morgan fingerprint density at radius 2 is 2.13 bits per heavy atom. The van der Waals surface area contributed by atoms with Crippen molar-refractivity contribution in [3.63, 3.8) is 0 Å². The Kier molecular flexibility index (Phi) is 7.42. The van der Waals surface area contributed by atoms with Crippen molar-refractivity contribution >= 4 is 29.1 Å². The van der Waals surface area contributed by atoms with Crippen LogP contribution in [0.25, 0.3) is 0 Å². The highest BCUT2D eigenvalue weighted by Gasteiger charge is 2.05. The Morgan fingerprint density at radius 1 is 1.26 bits per heavy atom. The fourth-order valence-electron chi connectivity index (χ4n) is 2.22. The van der Waals surface area contributed by atoms with Crippen molar-refractivity contribution < 1.29 is 4.39 Å². The SMILES string of the molecule is CN=C(NCCc1ccsc1)NCc1ccc(F)cc1CSC. The molecule has 0 aliphatic heterocycles. The smallest absolute Gasteiger partial charge is 0.191 e. The second-order valence-electron chi connectivity index (χ2n) is 5.08. The Hall–Kier alpha value is -1.53. The number of benzene rings is 1. The second-order valence-corrected chi connectivity index (χ2v) is 6.73. The fraction of sp³-hybridized carbons (Fsp3) is 0.353. The van der Waals surface area contributed by atoms with E-state index in [0.717, 1.165) is 35.8 Å². The van der Waals surface area contributed by atoms with Gasteiger partial charge >= 0.3 is 0 Å². The average Bonchev–Trinajstić information content (AvgIpc) is 3.06. The topological polar surface area (TPSA) is 36.4 Å². The summed E-state index contributed by atoms with van der Waals surface area (Å²) in [7, 11) is 1.76. The molecule has 0 aliphatic carbocycles. The average molecular weight is 352 g/mol. The monoisotopic (exact) mass is 351 g/mol. The van der Waals surface area contributed by atoms with Crippen molar-refractivity contribution in [2.24, 2.45) is 4.99 Å². The number of guanidine groups is 1. The van der Waals surface area contributed by atoms with Crippen molar-refractivity contribution in [3.05, 3.63) is 57.5 Å². The quantitative estimate of drug-likeness (QED) is 0.590. The molecular formula is C17H22FN3S2. The fourth-order valence-corrected chi connectivity index (χ4v) is 3.50. The van der Waals surface area contributed by atoms with E-state index in [1.165, 1.54) is 11.6 Å². The highest BCUT2D eigenvalue weighted by atomic mass is 32.2. The molecule has 0 amide bonds. The lowest BCUT2D eigenvalue weighted by Crippen LogP contribution is -2.38. The van der Waals surface area contributed by atoms with Crippen LogP contribution in [-0.4, -0.2) is 25.8 Å². The van der Waals surface area contributed by atoms with Crippen LogP contribution >= 0.6 is 23.1 Å². The summed E-state index contributed by atoms with van der Waals surface area (Å²) in [6.45, 7) is 1.46. The number of thiophene rings is 1. The minimum Gasteiger partial charge on any atom is -0.356 e. The maximum atomic E-state index is 13.4. The number of thioether (sulfide) groups is 1. The molecule has 1 aromatic carbocycles. The van der Waals surface area contributed by atoms with Gasteiger partial charge in [0.2, 0.25) is 0 Å². The van der Waals surface area contributed by atoms with Gasteiger partial charge in [0.05, 0.1) is 0 Å². The zero-order valence-electron chi connectivity index (χ0n) is 13.4. The first-order valence-corrected chi connectivity index (χ1v) is 9.78. The number of rotatable bonds is 7. The zero-order valence-corrected chi connectivity index (χ0v) is 15.1. The Balaban J connectivity index is 1.85. The van der Waals surface area contributed by atoms with Gasteiger partial charge in [-0.05, 0) is 58.3 Å². The number of halogens is 1. The summed E-state index contributed by atoms with van der Waals surface area (Å²) in [5, 5.41) is 10.8. The molecule has 1 heterocycles. The van der Waals surface area contributed by atoms with Crippen molar-refractivity contribution in [1.29, 1.82) is 0 Å². The van der Waals surface area contributed by atoms with Crippen molar-refractivity contribution in [2.75, 3.05) is 19.8 Å². The Morgan fingerprint density at radius 3 is 2.83 bits per heavy atom. The molecule has 0 bridgehead atoms. The van der Waals surface area contributed by atoms with Gasteiger partial charge in [-0.3, -0.25) is 4.99 Å². The molecule has 124 valence electrons. The Labute approximate surface area is 145 Å². The summed E-state index contributed by atoms with van der Waals surface area (Å²) < 4.78 is 13.4. The van der Waals surface area contributed by atoms with Crippen molar-refractivity contribution in [3.8, 4) is 0 Å². The summed E-state index contributed by atoms with van der Waals surface area (Å²) in [6.07, 6.45) is 2.99. The van der Waals surface area contributed by atoms with E-state index in [2.05, 4.69) is 32.5 Å². The minimum absolute atomic E-state index is 0.184. The van der Waals surface area contributed by atoms with Gasteiger partial charge in [0, 0.05) is 25.9 Å². The molecular weight excluding hydrogens is 329 g/mol. The highest BCUT2D eigenvalue weighted by Crippen LogP contribution is 2.16. The van der Waals surface area contributed by atoms with Gasteiger partial charge in [-0.2, -0.15) is 23.1 Å². The van der Waals surface area contributed by atoms with Gasteiger partial charge in [-0.25, -0.2) is 4.39 Å². The normalized spacial score (nSPS) is 11.5. The van der Waals surface area contributed by atoms with E-state index in [1.54, 1.807) is 36.2 Å². The second kappa shape index (κ2) is 9.57. The van der Waals surface area contributed by atoms with Crippen LogP contribution in [-0.2, 0) is 18.7 Å². The molecule has 0 atom stereocenters. The van der Waals surface area contributed by atoms with Crippen LogP contribution in [0.1, 0.15) is 16.7 Å². The van der Waals surface area contributed by atoms with E-state index in [1.807, 2.05) is 12.3 Å². The minimum atomic E-state index is -0.184. The molecule has 3 nitrogen and oxygen atoms in total. The van der Waals surface area contributed by atoms with Crippen molar-refractivity contribution in [2.45, 2.75) is 18.7 Å². The number of hydrogen-bond acceptors (Lipinski definition) is 3.